The first-order chi connectivity index (χ1) is 7.10. The zero-order valence-electron chi connectivity index (χ0n) is 9.66. The molecule has 84 valence electrons. The molecular weight excluding hydrogens is 194 g/mol. The second-order valence-electron chi connectivity index (χ2n) is 3.88. The molecule has 0 bridgehead atoms. The molecule has 0 aliphatic heterocycles. The van der Waals surface area contributed by atoms with Crippen LogP contribution >= 0.6 is 0 Å². The lowest BCUT2D eigenvalue weighted by Crippen LogP contribution is -2.06. The molecule has 0 radical (unpaired) electrons. The number of aromatic nitrogens is 1. The highest BCUT2D eigenvalue weighted by atomic mass is 16.5. The Bertz CT molecular complexity index is 342. The number of rotatable bonds is 4. The summed E-state index contributed by atoms with van der Waals surface area (Å²) in [6.45, 7) is 6.17. The standard InChI is InChI=1S/C11H17NO3/c1-5-8-9(6-7(2)3)15-12-10(8)11(13)14-4/h7H,5-6H2,1-4H3. The van der Waals surface area contributed by atoms with Gasteiger partial charge in [-0.05, 0) is 12.3 Å². The minimum atomic E-state index is -0.425. The molecule has 0 unspecified atom stereocenters. The van der Waals surface area contributed by atoms with E-state index in [1.807, 2.05) is 6.92 Å². The highest BCUT2D eigenvalue weighted by Crippen LogP contribution is 2.19. The highest BCUT2D eigenvalue weighted by Gasteiger charge is 2.21. The van der Waals surface area contributed by atoms with Gasteiger partial charge in [-0.2, -0.15) is 0 Å². The number of hydrogen-bond donors (Lipinski definition) is 0. The first-order valence-corrected chi connectivity index (χ1v) is 5.15. The van der Waals surface area contributed by atoms with Crippen LogP contribution in [-0.4, -0.2) is 18.2 Å². The van der Waals surface area contributed by atoms with Crippen molar-refractivity contribution in [2.75, 3.05) is 7.11 Å². The summed E-state index contributed by atoms with van der Waals surface area (Å²) in [4.78, 5) is 11.3. The molecule has 0 N–H and O–H groups in total. The summed E-state index contributed by atoms with van der Waals surface area (Å²) in [6, 6.07) is 0. The molecule has 0 saturated carbocycles. The zero-order valence-corrected chi connectivity index (χ0v) is 9.66. The van der Waals surface area contributed by atoms with Gasteiger partial charge in [-0.3, -0.25) is 0 Å². The molecule has 0 fully saturated rings. The number of hydrogen-bond acceptors (Lipinski definition) is 4. The Morgan fingerprint density at radius 2 is 2.20 bits per heavy atom. The molecular formula is C11H17NO3. The van der Waals surface area contributed by atoms with E-state index in [-0.39, 0.29) is 0 Å². The van der Waals surface area contributed by atoms with Gasteiger partial charge in [0.2, 0.25) is 0 Å². The first kappa shape index (κ1) is 11.8. The summed E-state index contributed by atoms with van der Waals surface area (Å²) in [6.07, 6.45) is 1.53. The molecule has 4 nitrogen and oxygen atoms in total. The third-order valence-corrected chi connectivity index (χ3v) is 2.20. The minimum absolute atomic E-state index is 0.315. The van der Waals surface area contributed by atoms with Crippen LogP contribution in [0.25, 0.3) is 0 Å². The van der Waals surface area contributed by atoms with Crippen molar-refractivity contribution in [3.05, 3.63) is 17.0 Å². The molecule has 1 aromatic heterocycles. The maximum absolute atomic E-state index is 11.3. The van der Waals surface area contributed by atoms with Crippen molar-refractivity contribution < 1.29 is 14.1 Å². The summed E-state index contributed by atoms with van der Waals surface area (Å²) < 4.78 is 9.81. The van der Waals surface area contributed by atoms with Gasteiger partial charge in [0, 0.05) is 12.0 Å². The second-order valence-corrected chi connectivity index (χ2v) is 3.88. The summed E-state index contributed by atoms with van der Waals surface area (Å²) in [5.74, 6) is 0.854. The Morgan fingerprint density at radius 1 is 1.53 bits per heavy atom. The lowest BCUT2D eigenvalue weighted by atomic mass is 10.0. The average molecular weight is 211 g/mol. The predicted octanol–water partition coefficient (Wildman–Crippen LogP) is 2.22. The van der Waals surface area contributed by atoms with E-state index >= 15 is 0 Å². The molecule has 15 heavy (non-hydrogen) atoms. The summed E-state index contributed by atoms with van der Waals surface area (Å²) >= 11 is 0. The number of nitrogens with zero attached hydrogens (tertiary/aromatic N) is 1. The molecule has 0 aliphatic carbocycles. The van der Waals surface area contributed by atoms with E-state index in [9.17, 15) is 4.79 Å². The van der Waals surface area contributed by atoms with Crippen LogP contribution < -0.4 is 0 Å². The fraction of sp³-hybridized carbons (Fsp3) is 0.636. The van der Waals surface area contributed by atoms with Crippen LogP contribution in [0.2, 0.25) is 0 Å². The molecule has 0 amide bonds. The van der Waals surface area contributed by atoms with Gasteiger partial charge in [-0.15, -0.1) is 0 Å². The van der Waals surface area contributed by atoms with E-state index in [4.69, 9.17) is 4.52 Å². The van der Waals surface area contributed by atoms with Crippen LogP contribution in [-0.2, 0) is 17.6 Å². The lowest BCUT2D eigenvalue weighted by molar-refractivity contribution is 0.0588. The van der Waals surface area contributed by atoms with Crippen LogP contribution in [0, 0.1) is 5.92 Å². The molecule has 1 rings (SSSR count). The van der Waals surface area contributed by atoms with Gasteiger partial charge in [0.1, 0.15) is 5.76 Å². The van der Waals surface area contributed by atoms with Crippen molar-refractivity contribution in [1.29, 1.82) is 0 Å². The molecule has 4 heteroatoms. The van der Waals surface area contributed by atoms with Crippen molar-refractivity contribution in [2.45, 2.75) is 33.6 Å². The summed E-state index contributed by atoms with van der Waals surface area (Å²) in [5.41, 5.74) is 1.19. The molecule has 1 heterocycles. The second kappa shape index (κ2) is 4.96. The number of methoxy groups -OCH3 is 1. The van der Waals surface area contributed by atoms with E-state index in [1.165, 1.54) is 7.11 Å². The minimum Gasteiger partial charge on any atom is -0.464 e. The fourth-order valence-electron chi connectivity index (χ4n) is 1.50. The van der Waals surface area contributed by atoms with Gasteiger partial charge in [0.25, 0.3) is 0 Å². The highest BCUT2D eigenvalue weighted by molar-refractivity contribution is 5.88. The number of carbonyl (C=O) groups is 1. The Hall–Kier alpha value is -1.32. The maximum atomic E-state index is 11.3. The normalized spacial score (nSPS) is 10.7. The molecule has 0 spiro atoms. The van der Waals surface area contributed by atoms with Gasteiger partial charge in [0.15, 0.2) is 5.69 Å². The van der Waals surface area contributed by atoms with Gasteiger partial charge >= 0.3 is 5.97 Å². The van der Waals surface area contributed by atoms with E-state index in [1.54, 1.807) is 0 Å². The molecule has 0 atom stereocenters. The van der Waals surface area contributed by atoms with Crippen LogP contribution in [0.5, 0.6) is 0 Å². The maximum Gasteiger partial charge on any atom is 0.360 e. The van der Waals surface area contributed by atoms with E-state index in [0.717, 1.165) is 24.2 Å². The largest absolute Gasteiger partial charge is 0.464 e. The Kier molecular flexibility index (Phi) is 3.88. The van der Waals surface area contributed by atoms with Crippen LogP contribution in [0.1, 0.15) is 42.6 Å². The van der Waals surface area contributed by atoms with Crippen molar-refractivity contribution in [2.24, 2.45) is 5.92 Å². The average Bonchev–Trinajstić information content (AvgIpc) is 2.58. The van der Waals surface area contributed by atoms with Crippen molar-refractivity contribution in [1.82, 2.24) is 5.16 Å². The quantitative estimate of drug-likeness (QED) is 0.716. The number of carbonyl (C=O) groups excluding carboxylic acids is 1. The van der Waals surface area contributed by atoms with E-state index in [2.05, 4.69) is 23.7 Å². The molecule has 0 aromatic carbocycles. The third-order valence-electron chi connectivity index (χ3n) is 2.20. The third kappa shape index (κ3) is 2.58. The van der Waals surface area contributed by atoms with E-state index < -0.39 is 5.97 Å². The monoisotopic (exact) mass is 211 g/mol. The molecule has 0 aliphatic rings. The van der Waals surface area contributed by atoms with E-state index in [0.29, 0.717) is 11.6 Å². The Balaban J connectivity index is 3.00. The van der Waals surface area contributed by atoms with Gasteiger partial charge in [-0.1, -0.05) is 25.9 Å². The fourth-order valence-corrected chi connectivity index (χ4v) is 1.50. The van der Waals surface area contributed by atoms with Crippen LogP contribution in [0.3, 0.4) is 0 Å². The number of esters is 1. The van der Waals surface area contributed by atoms with Crippen LogP contribution in [0.15, 0.2) is 4.52 Å². The van der Waals surface area contributed by atoms with Crippen molar-refractivity contribution >= 4 is 5.97 Å². The Morgan fingerprint density at radius 3 is 2.67 bits per heavy atom. The summed E-state index contributed by atoms with van der Waals surface area (Å²) in [7, 11) is 1.35. The predicted molar refractivity (Wildman–Crippen MR) is 55.8 cm³/mol. The summed E-state index contributed by atoms with van der Waals surface area (Å²) in [5, 5.41) is 3.76. The zero-order chi connectivity index (χ0) is 11.4. The SMILES string of the molecule is CCc1c(C(=O)OC)noc1CC(C)C. The smallest absolute Gasteiger partial charge is 0.360 e. The van der Waals surface area contributed by atoms with Crippen molar-refractivity contribution in [3.63, 3.8) is 0 Å². The lowest BCUT2D eigenvalue weighted by Gasteiger charge is -2.02. The van der Waals surface area contributed by atoms with Gasteiger partial charge < -0.3 is 9.26 Å². The van der Waals surface area contributed by atoms with Crippen molar-refractivity contribution in [3.8, 4) is 0 Å². The Labute approximate surface area is 89.6 Å². The molecule has 0 saturated heterocycles. The topological polar surface area (TPSA) is 52.3 Å². The molecule has 1 aromatic rings. The van der Waals surface area contributed by atoms with Gasteiger partial charge in [0.05, 0.1) is 7.11 Å². The van der Waals surface area contributed by atoms with Crippen LogP contribution in [0.4, 0.5) is 0 Å². The number of ether oxygens (including phenoxy) is 1. The van der Waals surface area contributed by atoms with Gasteiger partial charge in [-0.25, -0.2) is 4.79 Å². The first-order valence-electron chi connectivity index (χ1n) is 5.15.